The van der Waals surface area contributed by atoms with Gasteiger partial charge in [-0.25, -0.2) is 0 Å². The Morgan fingerprint density at radius 2 is 0.941 bits per heavy atom. The molecule has 0 heterocycles. The maximum atomic E-state index is 5.80. The van der Waals surface area contributed by atoms with Crippen LogP contribution >= 0.6 is 15.3 Å². The summed E-state index contributed by atoms with van der Waals surface area (Å²) in [5.74, 6) is 1.43. The van der Waals surface area contributed by atoms with Gasteiger partial charge in [0.1, 0.15) is 0 Å². The minimum atomic E-state index is -2.63. The van der Waals surface area contributed by atoms with Crippen molar-refractivity contribution in [3.63, 3.8) is 0 Å². The quantitative estimate of drug-likeness (QED) is 0.476. The first-order chi connectivity index (χ1) is 7.75. The van der Waals surface area contributed by atoms with Crippen molar-refractivity contribution >= 4 is 22.7 Å². The number of hydrogen-bond acceptors (Lipinski definition) is 3. The summed E-state index contributed by atoms with van der Waals surface area (Å²) in [6, 6.07) is 0. The zero-order valence-electron chi connectivity index (χ0n) is 12.0. The normalized spacial score (nSPS) is 13.1. The van der Waals surface area contributed by atoms with Crippen LogP contribution in [0, 0.1) is 17.8 Å². The lowest BCUT2D eigenvalue weighted by molar-refractivity contribution is 0.0608. The maximum Gasteiger partial charge on any atom is 0.580 e. The van der Waals surface area contributed by atoms with Crippen molar-refractivity contribution in [1.29, 1.82) is 0 Å². The molecule has 0 unspecified atom stereocenters. The molecule has 0 bridgehead atoms. The van der Waals surface area contributed by atoms with E-state index in [1.165, 1.54) is 0 Å². The highest BCUT2D eigenvalue weighted by molar-refractivity contribution is 9.25. The molecular weight excluding hydrogens is 300 g/mol. The summed E-state index contributed by atoms with van der Waals surface area (Å²) in [6.07, 6.45) is 0. The molecule has 0 aliphatic rings. The van der Waals surface area contributed by atoms with Gasteiger partial charge in [0.2, 0.25) is 0 Å². The van der Waals surface area contributed by atoms with Gasteiger partial charge in [-0.15, -0.1) is 0 Å². The molecule has 0 aromatic rings. The first-order valence-corrected chi connectivity index (χ1v) is 10.3. The van der Waals surface area contributed by atoms with E-state index in [4.69, 9.17) is 13.3 Å². The van der Waals surface area contributed by atoms with Gasteiger partial charge in [-0.2, -0.15) is 0 Å². The summed E-state index contributed by atoms with van der Waals surface area (Å²) in [6.45, 7) is 14.7. The van der Waals surface area contributed by atoms with Crippen LogP contribution in [0.25, 0.3) is 0 Å². The van der Waals surface area contributed by atoms with Gasteiger partial charge >= 0.3 is 7.42 Å². The van der Waals surface area contributed by atoms with Crippen LogP contribution in [0.1, 0.15) is 41.5 Å². The monoisotopic (exact) mass is 326 g/mol. The summed E-state index contributed by atoms with van der Waals surface area (Å²) in [7, 11) is -2.63. The number of rotatable bonds is 9. The minimum Gasteiger partial charge on any atom is -0.365 e. The smallest absolute Gasteiger partial charge is 0.365 e. The fourth-order valence-electron chi connectivity index (χ4n) is 0.924. The van der Waals surface area contributed by atoms with E-state index in [-0.39, 0.29) is 0 Å². The largest absolute Gasteiger partial charge is 0.580 e. The van der Waals surface area contributed by atoms with E-state index in [2.05, 4.69) is 56.8 Å². The van der Waals surface area contributed by atoms with E-state index in [0.717, 1.165) is 0 Å². The first kappa shape index (κ1) is 17.6. The Morgan fingerprint density at radius 3 is 1.12 bits per heavy atom. The van der Waals surface area contributed by atoms with Gasteiger partial charge in [-0.3, -0.25) is 0 Å². The fraction of sp³-hybridized carbons (Fsp3) is 1.00. The molecule has 0 saturated heterocycles. The fourth-order valence-corrected chi connectivity index (χ4v) is 3.96. The summed E-state index contributed by atoms with van der Waals surface area (Å²) in [5.41, 5.74) is 0. The van der Waals surface area contributed by atoms with Gasteiger partial charge < -0.3 is 13.3 Å². The SMILES string of the molecule is CC(C)CO[Si](Br)(OCC(C)C)OCC(C)C. The zero-order chi connectivity index (χ0) is 13.5. The maximum absolute atomic E-state index is 5.80. The molecule has 104 valence electrons. The number of halogens is 1. The molecular formula is C12H27BrO3Si. The van der Waals surface area contributed by atoms with Crippen LogP contribution in [0.3, 0.4) is 0 Å². The summed E-state index contributed by atoms with van der Waals surface area (Å²) < 4.78 is 17.4. The van der Waals surface area contributed by atoms with Crippen LogP contribution in [0.2, 0.25) is 0 Å². The topological polar surface area (TPSA) is 27.7 Å². The van der Waals surface area contributed by atoms with Crippen molar-refractivity contribution in [3.8, 4) is 0 Å². The van der Waals surface area contributed by atoms with Gasteiger partial charge in [0, 0.05) is 19.8 Å². The third-order valence-corrected chi connectivity index (χ3v) is 5.36. The Balaban J connectivity index is 4.23. The summed E-state index contributed by atoms with van der Waals surface area (Å²) in [5, 5.41) is 0. The third-order valence-electron chi connectivity index (χ3n) is 1.77. The Kier molecular flexibility index (Phi) is 8.93. The first-order valence-electron chi connectivity index (χ1n) is 6.36. The van der Waals surface area contributed by atoms with E-state index in [1.807, 2.05) is 0 Å². The molecule has 0 rings (SSSR count). The van der Waals surface area contributed by atoms with E-state index in [0.29, 0.717) is 37.6 Å². The molecule has 0 amide bonds. The molecule has 3 nitrogen and oxygen atoms in total. The van der Waals surface area contributed by atoms with Crippen LogP contribution in [0.4, 0.5) is 0 Å². The summed E-state index contributed by atoms with van der Waals surface area (Å²) >= 11 is 3.54. The lowest BCUT2D eigenvalue weighted by atomic mass is 10.2. The summed E-state index contributed by atoms with van der Waals surface area (Å²) in [4.78, 5) is 0. The van der Waals surface area contributed by atoms with E-state index >= 15 is 0 Å². The Hall–Kier alpha value is 0.577. The molecule has 0 aromatic heterocycles. The second-order valence-electron chi connectivity index (χ2n) is 5.60. The van der Waals surface area contributed by atoms with Gasteiger partial charge in [0.15, 0.2) is 0 Å². The van der Waals surface area contributed by atoms with Crippen molar-refractivity contribution < 1.29 is 13.3 Å². The van der Waals surface area contributed by atoms with E-state index in [1.54, 1.807) is 0 Å². The van der Waals surface area contributed by atoms with Crippen molar-refractivity contribution in [1.82, 2.24) is 0 Å². The Bertz CT molecular complexity index is 167. The molecule has 0 fully saturated rings. The van der Waals surface area contributed by atoms with Gasteiger partial charge in [-0.05, 0) is 33.0 Å². The van der Waals surface area contributed by atoms with E-state index in [9.17, 15) is 0 Å². The lowest BCUT2D eigenvalue weighted by Crippen LogP contribution is -2.42. The predicted octanol–water partition coefficient (Wildman–Crippen LogP) is 3.83. The second kappa shape index (κ2) is 8.64. The Labute approximate surface area is 115 Å². The minimum absolute atomic E-state index is 0.477. The molecule has 0 aliphatic carbocycles. The highest BCUT2D eigenvalue weighted by atomic mass is 79.9. The third kappa shape index (κ3) is 10.2. The molecule has 17 heavy (non-hydrogen) atoms. The van der Waals surface area contributed by atoms with Crippen LogP contribution < -0.4 is 0 Å². The molecule has 0 spiro atoms. The molecule has 5 heteroatoms. The molecule has 0 radical (unpaired) electrons. The van der Waals surface area contributed by atoms with Gasteiger partial charge in [0.05, 0.1) is 0 Å². The van der Waals surface area contributed by atoms with Crippen molar-refractivity contribution in [2.75, 3.05) is 19.8 Å². The molecule has 0 aromatic carbocycles. The van der Waals surface area contributed by atoms with Crippen molar-refractivity contribution in [3.05, 3.63) is 0 Å². The van der Waals surface area contributed by atoms with Crippen LogP contribution in [0.15, 0.2) is 0 Å². The lowest BCUT2D eigenvalue weighted by Gasteiger charge is -2.26. The average Bonchev–Trinajstić information content (AvgIpc) is 2.21. The van der Waals surface area contributed by atoms with Gasteiger partial charge in [0.25, 0.3) is 0 Å². The highest BCUT2D eigenvalue weighted by Crippen LogP contribution is 2.21. The van der Waals surface area contributed by atoms with Gasteiger partial charge in [-0.1, -0.05) is 41.5 Å². The van der Waals surface area contributed by atoms with Crippen molar-refractivity contribution in [2.24, 2.45) is 17.8 Å². The molecule has 0 saturated carbocycles. The predicted molar refractivity (Wildman–Crippen MR) is 77.1 cm³/mol. The molecule has 0 atom stereocenters. The van der Waals surface area contributed by atoms with Crippen molar-refractivity contribution in [2.45, 2.75) is 41.5 Å². The van der Waals surface area contributed by atoms with E-state index < -0.39 is 7.42 Å². The standard InChI is InChI=1S/C12H27BrO3Si/c1-10(2)7-14-17(13,15-8-11(3)4)16-9-12(5)6/h10-12H,7-9H2,1-6H3. The molecule has 0 aliphatic heterocycles. The molecule has 0 N–H and O–H groups in total. The second-order valence-corrected chi connectivity index (χ2v) is 10.3. The highest BCUT2D eigenvalue weighted by Gasteiger charge is 2.39. The van der Waals surface area contributed by atoms with Crippen LogP contribution in [0.5, 0.6) is 0 Å². The Morgan fingerprint density at radius 1 is 0.706 bits per heavy atom. The van der Waals surface area contributed by atoms with Crippen LogP contribution in [-0.4, -0.2) is 27.2 Å². The number of hydrogen-bond donors (Lipinski definition) is 0. The zero-order valence-corrected chi connectivity index (χ0v) is 14.5. The average molecular weight is 327 g/mol. The van der Waals surface area contributed by atoms with Crippen LogP contribution in [-0.2, 0) is 13.3 Å².